The van der Waals surface area contributed by atoms with Gasteiger partial charge in [-0.25, -0.2) is 0 Å². The predicted molar refractivity (Wildman–Crippen MR) is 76.8 cm³/mol. The van der Waals surface area contributed by atoms with E-state index in [1.165, 1.54) is 11.1 Å². The van der Waals surface area contributed by atoms with Crippen LogP contribution in [0.15, 0.2) is 24.3 Å². The number of rotatable bonds is 3. The van der Waals surface area contributed by atoms with Gasteiger partial charge in [0, 0.05) is 45.7 Å². The number of hydrogen-bond donors (Lipinski definition) is 1. The molecule has 1 aliphatic rings. The van der Waals surface area contributed by atoms with Crippen molar-refractivity contribution < 1.29 is 4.79 Å². The van der Waals surface area contributed by atoms with Crippen LogP contribution in [0.1, 0.15) is 24.1 Å². The van der Waals surface area contributed by atoms with Crippen LogP contribution in [0.3, 0.4) is 0 Å². The molecule has 1 amide bonds. The Kier molecular flexibility index (Phi) is 4.56. The van der Waals surface area contributed by atoms with Gasteiger partial charge in [0.25, 0.3) is 0 Å². The van der Waals surface area contributed by atoms with Crippen molar-refractivity contribution in [1.29, 1.82) is 0 Å². The summed E-state index contributed by atoms with van der Waals surface area (Å²) in [6, 6.07) is 8.67. The SMILES string of the molecule is CC(=O)N1CCN(C(CN)c2ccccc2C)CC1. The highest BCUT2D eigenvalue weighted by Gasteiger charge is 2.25. The summed E-state index contributed by atoms with van der Waals surface area (Å²) in [4.78, 5) is 15.6. The number of hydrogen-bond acceptors (Lipinski definition) is 3. The molecule has 0 spiro atoms. The summed E-state index contributed by atoms with van der Waals surface area (Å²) in [5.41, 5.74) is 8.57. The van der Waals surface area contributed by atoms with Crippen molar-refractivity contribution in [1.82, 2.24) is 9.80 Å². The highest BCUT2D eigenvalue weighted by molar-refractivity contribution is 5.73. The molecule has 1 atom stereocenters. The molecule has 2 rings (SSSR count). The Morgan fingerprint density at radius 1 is 1.26 bits per heavy atom. The molecule has 1 aliphatic heterocycles. The van der Waals surface area contributed by atoms with Gasteiger partial charge in [-0.1, -0.05) is 24.3 Å². The fourth-order valence-corrected chi connectivity index (χ4v) is 2.78. The van der Waals surface area contributed by atoms with Crippen LogP contribution in [-0.2, 0) is 4.79 Å². The minimum atomic E-state index is 0.167. The fraction of sp³-hybridized carbons (Fsp3) is 0.533. The summed E-state index contributed by atoms with van der Waals surface area (Å²) in [5.74, 6) is 0.167. The lowest BCUT2D eigenvalue weighted by Gasteiger charge is -2.39. The van der Waals surface area contributed by atoms with E-state index in [1.54, 1.807) is 6.92 Å². The van der Waals surface area contributed by atoms with Gasteiger partial charge in [0.15, 0.2) is 0 Å². The number of piperazine rings is 1. The topological polar surface area (TPSA) is 49.6 Å². The third kappa shape index (κ3) is 3.14. The molecule has 1 unspecified atom stereocenters. The first-order valence-electron chi connectivity index (χ1n) is 6.88. The molecule has 104 valence electrons. The Balaban J connectivity index is 2.08. The van der Waals surface area contributed by atoms with E-state index in [0.717, 1.165) is 26.2 Å². The van der Waals surface area contributed by atoms with Crippen LogP contribution in [-0.4, -0.2) is 48.4 Å². The molecule has 0 radical (unpaired) electrons. The monoisotopic (exact) mass is 261 g/mol. The van der Waals surface area contributed by atoms with Crippen molar-refractivity contribution in [3.05, 3.63) is 35.4 Å². The Morgan fingerprint density at radius 3 is 2.42 bits per heavy atom. The molecule has 1 aromatic rings. The van der Waals surface area contributed by atoms with E-state index < -0.39 is 0 Å². The van der Waals surface area contributed by atoms with Gasteiger partial charge in [0.2, 0.25) is 5.91 Å². The highest BCUT2D eigenvalue weighted by Crippen LogP contribution is 2.24. The summed E-state index contributed by atoms with van der Waals surface area (Å²) in [7, 11) is 0. The molecule has 19 heavy (non-hydrogen) atoms. The second kappa shape index (κ2) is 6.17. The molecule has 1 saturated heterocycles. The van der Waals surface area contributed by atoms with Gasteiger partial charge in [0.05, 0.1) is 0 Å². The second-order valence-electron chi connectivity index (χ2n) is 5.15. The maximum absolute atomic E-state index is 11.4. The predicted octanol–water partition coefficient (Wildman–Crippen LogP) is 1.16. The zero-order valence-corrected chi connectivity index (χ0v) is 11.8. The second-order valence-corrected chi connectivity index (χ2v) is 5.15. The molecule has 0 aromatic heterocycles. The number of aryl methyl sites for hydroxylation is 1. The van der Waals surface area contributed by atoms with E-state index in [9.17, 15) is 4.79 Å². The first-order chi connectivity index (χ1) is 9.13. The number of nitrogens with zero attached hydrogens (tertiary/aromatic N) is 2. The Bertz CT molecular complexity index is 439. The first-order valence-corrected chi connectivity index (χ1v) is 6.88. The maximum atomic E-state index is 11.4. The van der Waals surface area contributed by atoms with Crippen molar-refractivity contribution in [3.8, 4) is 0 Å². The Morgan fingerprint density at radius 2 is 1.89 bits per heavy atom. The van der Waals surface area contributed by atoms with E-state index in [2.05, 4.69) is 36.1 Å². The quantitative estimate of drug-likeness (QED) is 0.888. The number of benzene rings is 1. The largest absolute Gasteiger partial charge is 0.340 e. The first kappa shape index (κ1) is 14.0. The van der Waals surface area contributed by atoms with E-state index in [4.69, 9.17) is 5.73 Å². The number of carbonyl (C=O) groups excluding carboxylic acids is 1. The van der Waals surface area contributed by atoms with Crippen LogP contribution in [0.25, 0.3) is 0 Å². The van der Waals surface area contributed by atoms with Crippen LogP contribution in [0.4, 0.5) is 0 Å². The Hall–Kier alpha value is -1.39. The van der Waals surface area contributed by atoms with Crippen molar-refractivity contribution >= 4 is 5.91 Å². The summed E-state index contributed by atoms with van der Waals surface area (Å²) < 4.78 is 0. The summed E-state index contributed by atoms with van der Waals surface area (Å²) in [6.45, 7) is 7.78. The van der Waals surface area contributed by atoms with E-state index >= 15 is 0 Å². The third-order valence-corrected chi connectivity index (χ3v) is 3.97. The summed E-state index contributed by atoms with van der Waals surface area (Å²) >= 11 is 0. The third-order valence-electron chi connectivity index (χ3n) is 3.97. The van der Waals surface area contributed by atoms with E-state index in [1.807, 2.05) is 4.90 Å². The van der Waals surface area contributed by atoms with Crippen molar-refractivity contribution in [3.63, 3.8) is 0 Å². The number of amides is 1. The Labute approximate surface area is 115 Å². The lowest BCUT2D eigenvalue weighted by atomic mass is 9.99. The zero-order valence-electron chi connectivity index (χ0n) is 11.8. The van der Waals surface area contributed by atoms with E-state index in [0.29, 0.717) is 6.54 Å². The van der Waals surface area contributed by atoms with Crippen molar-refractivity contribution in [2.24, 2.45) is 5.73 Å². The maximum Gasteiger partial charge on any atom is 0.219 e. The molecule has 0 aliphatic carbocycles. The molecular formula is C15H23N3O. The fourth-order valence-electron chi connectivity index (χ4n) is 2.78. The lowest BCUT2D eigenvalue weighted by Crippen LogP contribution is -2.50. The minimum absolute atomic E-state index is 0.167. The molecule has 0 saturated carbocycles. The number of nitrogens with two attached hydrogens (primary N) is 1. The molecule has 2 N–H and O–H groups in total. The normalized spacial score (nSPS) is 18.4. The molecule has 1 aromatic carbocycles. The molecule has 4 nitrogen and oxygen atoms in total. The summed E-state index contributed by atoms with van der Waals surface area (Å²) in [5, 5.41) is 0. The standard InChI is InChI=1S/C15H23N3O/c1-12-5-3-4-6-14(12)15(11-16)18-9-7-17(8-10-18)13(2)19/h3-6,15H,7-11,16H2,1-2H3. The van der Waals surface area contributed by atoms with Crippen LogP contribution >= 0.6 is 0 Å². The molecule has 1 fully saturated rings. The highest BCUT2D eigenvalue weighted by atomic mass is 16.2. The molecule has 1 heterocycles. The smallest absolute Gasteiger partial charge is 0.219 e. The average molecular weight is 261 g/mol. The van der Waals surface area contributed by atoms with Gasteiger partial charge in [0.1, 0.15) is 0 Å². The van der Waals surface area contributed by atoms with E-state index in [-0.39, 0.29) is 11.9 Å². The average Bonchev–Trinajstić information content (AvgIpc) is 2.42. The zero-order chi connectivity index (χ0) is 13.8. The minimum Gasteiger partial charge on any atom is -0.340 e. The van der Waals surface area contributed by atoms with Crippen molar-refractivity contribution in [2.45, 2.75) is 19.9 Å². The van der Waals surface area contributed by atoms with Gasteiger partial charge in [-0.05, 0) is 18.1 Å². The lowest BCUT2D eigenvalue weighted by molar-refractivity contribution is -0.130. The molecular weight excluding hydrogens is 238 g/mol. The van der Waals surface area contributed by atoms with Gasteiger partial charge in [-0.2, -0.15) is 0 Å². The van der Waals surface area contributed by atoms with Crippen LogP contribution < -0.4 is 5.73 Å². The summed E-state index contributed by atoms with van der Waals surface area (Å²) in [6.07, 6.45) is 0. The van der Waals surface area contributed by atoms with Crippen LogP contribution in [0, 0.1) is 6.92 Å². The van der Waals surface area contributed by atoms with Gasteiger partial charge in [-0.15, -0.1) is 0 Å². The molecule has 4 heteroatoms. The van der Waals surface area contributed by atoms with Crippen LogP contribution in [0.5, 0.6) is 0 Å². The molecule has 0 bridgehead atoms. The van der Waals surface area contributed by atoms with Crippen molar-refractivity contribution in [2.75, 3.05) is 32.7 Å². The van der Waals surface area contributed by atoms with Gasteiger partial charge >= 0.3 is 0 Å². The van der Waals surface area contributed by atoms with Gasteiger partial charge in [-0.3, -0.25) is 9.69 Å². The number of carbonyl (C=O) groups is 1. The van der Waals surface area contributed by atoms with Crippen LogP contribution in [0.2, 0.25) is 0 Å². The van der Waals surface area contributed by atoms with Gasteiger partial charge < -0.3 is 10.6 Å².